The number of nitrogens with one attached hydrogen (secondary N) is 1. The number of hydrogen-bond donors (Lipinski definition) is 1. The van der Waals surface area contributed by atoms with Gasteiger partial charge in [0.05, 0.1) is 24.8 Å². The molecule has 28 heavy (non-hydrogen) atoms. The van der Waals surface area contributed by atoms with Crippen LogP contribution in [-0.2, 0) is 11.3 Å². The molecule has 0 spiro atoms. The third-order valence-electron chi connectivity index (χ3n) is 3.79. The van der Waals surface area contributed by atoms with Gasteiger partial charge in [0, 0.05) is 18.3 Å². The molecule has 3 aromatic rings. The van der Waals surface area contributed by atoms with Crippen LogP contribution in [0.5, 0.6) is 5.75 Å². The fourth-order valence-electron chi connectivity index (χ4n) is 2.42. The van der Waals surface area contributed by atoms with E-state index in [2.05, 4.69) is 25.7 Å². The smallest absolute Gasteiger partial charge is 0.250 e. The number of thioether (sulfide) groups is 1. The zero-order valence-corrected chi connectivity index (χ0v) is 16.4. The Morgan fingerprint density at radius 2 is 2.07 bits per heavy atom. The summed E-state index contributed by atoms with van der Waals surface area (Å²) in [7, 11) is 1.63. The van der Waals surface area contributed by atoms with Crippen LogP contribution in [0.3, 0.4) is 0 Å². The molecular weight excluding hydrogens is 376 g/mol. The molecule has 0 radical (unpaired) electrons. The van der Waals surface area contributed by atoms with Gasteiger partial charge in [-0.1, -0.05) is 17.8 Å². The van der Waals surface area contributed by atoms with Crippen molar-refractivity contribution >= 4 is 23.9 Å². The highest BCUT2D eigenvalue weighted by atomic mass is 32.2. The minimum absolute atomic E-state index is 0.181. The van der Waals surface area contributed by atoms with Crippen molar-refractivity contribution < 1.29 is 9.53 Å². The van der Waals surface area contributed by atoms with Crippen LogP contribution < -0.4 is 10.2 Å². The Bertz CT molecular complexity index is 941. The van der Waals surface area contributed by atoms with Gasteiger partial charge in [0.15, 0.2) is 11.0 Å². The standard InChI is InChI=1S/C19H20N6O2S/c1-3-25-18(14-7-9-16(27-2)10-8-14)23-24-19(25)28-13-17(26)22-21-12-15-6-4-5-11-20-15/h4-12H,3,13H2,1-2H3,(H,22,26)/b21-12-. The van der Waals surface area contributed by atoms with Gasteiger partial charge >= 0.3 is 0 Å². The summed E-state index contributed by atoms with van der Waals surface area (Å²) < 4.78 is 7.15. The summed E-state index contributed by atoms with van der Waals surface area (Å²) in [5.74, 6) is 1.49. The van der Waals surface area contributed by atoms with Crippen LogP contribution in [0.4, 0.5) is 0 Å². The number of methoxy groups -OCH3 is 1. The lowest BCUT2D eigenvalue weighted by molar-refractivity contribution is -0.118. The molecule has 1 aromatic carbocycles. The van der Waals surface area contributed by atoms with Crippen molar-refractivity contribution in [3.05, 3.63) is 54.4 Å². The van der Waals surface area contributed by atoms with E-state index in [4.69, 9.17) is 4.74 Å². The molecule has 0 aliphatic carbocycles. The largest absolute Gasteiger partial charge is 0.497 e. The van der Waals surface area contributed by atoms with Crippen molar-refractivity contribution in [3.63, 3.8) is 0 Å². The highest BCUT2D eigenvalue weighted by molar-refractivity contribution is 7.99. The number of ether oxygens (including phenoxy) is 1. The van der Waals surface area contributed by atoms with Crippen molar-refractivity contribution in [1.29, 1.82) is 0 Å². The van der Waals surface area contributed by atoms with Gasteiger partial charge in [0.25, 0.3) is 5.91 Å². The molecule has 144 valence electrons. The van der Waals surface area contributed by atoms with Crippen LogP contribution >= 0.6 is 11.8 Å². The second-order valence-electron chi connectivity index (χ2n) is 5.62. The molecule has 0 fully saturated rings. The number of aromatic nitrogens is 4. The Labute approximate surface area is 167 Å². The van der Waals surface area contributed by atoms with Gasteiger partial charge in [0.1, 0.15) is 5.75 Å². The molecule has 0 aliphatic heterocycles. The van der Waals surface area contributed by atoms with E-state index in [0.29, 0.717) is 17.4 Å². The highest BCUT2D eigenvalue weighted by Gasteiger charge is 2.14. The Morgan fingerprint density at radius 1 is 1.25 bits per heavy atom. The first-order valence-corrected chi connectivity index (χ1v) is 9.63. The second-order valence-corrected chi connectivity index (χ2v) is 6.56. The quantitative estimate of drug-likeness (QED) is 0.357. The first-order valence-electron chi connectivity index (χ1n) is 8.64. The van der Waals surface area contributed by atoms with Crippen molar-refractivity contribution in [2.24, 2.45) is 5.10 Å². The molecule has 1 N–H and O–H groups in total. The molecule has 1 amide bonds. The fraction of sp³-hybridized carbons (Fsp3) is 0.211. The van der Waals surface area contributed by atoms with Crippen LogP contribution in [0.15, 0.2) is 58.9 Å². The lowest BCUT2D eigenvalue weighted by atomic mass is 10.2. The third-order valence-corrected chi connectivity index (χ3v) is 4.75. The first-order chi connectivity index (χ1) is 13.7. The Hall–Kier alpha value is -3.20. The van der Waals surface area contributed by atoms with Gasteiger partial charge in [-0.15, -0.1) is 10.2 Å². The van der Waals surface area contributed by atoms with Gasteiger partial charge in [0.2, 0.25) is 0 Å². The van der Waals surface area contributed by atoms with Crippen molar-refractivity contribution in [2.45, 2.75) is 18.6 Å². The van der Waals surface area contributed by atoms with Crippen LogP contribution in [0.2, 0.25) is 0 Å². The number of nitrogens with zero attached hydrogens (tertiary/aromatic N) is 5. The van der Waals surface area contributed by atoms with Crippen molar-refractivity contribution in [2.75, 3.05) is 12.9 Å². The number of benzene rings is 1. The predicted molar refractivity (Wildman–Crippen MR) is 108 cm³/mol. The number of rotatable bonds is 8. The Kier molecular flexibility index (Phi) is 6.74. The van der Waals surface area contributed by atoms with Gasteiger partial charge in [-0.3, -0.25) is 9.78 Å². The number of pyridine rings is 1. The van der Waals surface area contributed by atoms with E-state index in [-0.39, 0.29) is 11.7 Å². The van der Waals surface area contributed by atoms with E-state index < -0.39 is 0 Å². The molecule has 0 unspecified atom stereocenters. The minimum Gasteiger partial charge on any atom is -0.497 e. The summed E-state index contributed by atoms with van der Waals surface area (Å²) in [6, 6.07) is 13.1. The van der Waals surface area contributed by atoms with Crippen molar-refractivity contribution in [3.8, 4) is 17.1 Å². The molecule has 0 atom stereocenters. The van der Waals surface area contributed by atoms with Crippen LogP contribution in [0.1, 0.15) is 12.6 Å². The molecule has 2 aromatic heterocycles. The number of hydrogen-bond acceptors (Lipinski definition) is 7. The average Bonchev–Trinajstić information content (AvgIpc) is 3.16. The molecular formula is C19H20N6O2S. The zero-order chi connectivity index (χ0) is 19.8. The summed E-state index contributed by atoms with van der Waals surface area (Å²) in [5, 5.41) is 13.1. The topological polar surface area (TPSA) is 94.3 Å². The number of carbonyl (C=O) groups is 1. The second kappa shape index (κ2) is 9.65. The van der Waals surface area contributed by atoms with E-state index in [9.17, 15) is 4.79 Å². The Balaban J connectivity index is 1.60. The molecule has 0 saturated carbocycles. The lowest BCUT2D eigenvalue weighted by Gasteiger charge is -2.07. The fourth-order valence-corrected chi connectivity index (χ4v) is 3.21. The molecule has 0 saturated heterocycles. The third kappa shape index (κ3) is 4.95. The molecule has 0 bridgehead atoms. The van der Waals surface area contributed by atoms with Gasteiger partial charge in [-0.2, -0.15) is 5.10 Å². The molecule has 0 aliphatic rings. The normalized spacial score (nSPS) is 10.9. The average molecular weight is 396 g/mol. The van der Waals surface area contributed by atoms with E-state index in [1.54, 1.807) is 19.4 Å². The minimum atomic E-state index is -0.228. The molecule has 3 rings (SSSR count). The van der Waals surface area contributed by atoms with Crippen LogP contribution in [0.25, 0.3) is 11.4 Å². The summed E-state index contributed by atoms with van der Waals surface area (Å²) >= 11 is 1.31. The van der Waals surface area contributed by atoms with Gasteiger partial charge in [-0.25, -0.2) is 5.43 Å². The summed E-state index contributed by atoms with van der Waals surface area (Å²) in [5.41, 5.74) is 4.10. The zero-order valence-electron chi connectivity index (χ0n) is 15.6. The summed E-state index contributed by atoms with van der Waals surface area (Å²) in [6.07, 6.45) is 3.16. The SMILES string of the molecule is CCn1c(SCC(=O)N/N=C\c2ccccn2)nnc1-c1ccc(OC)cc1. The van der Waals surface area contributed by atoms with E-state index >= 15 is 0 Å². The monoisotopic (exact) mass is 396 g/mol. The van der Waals surface area contributed by atoms with E-state index in [0.717, 1.165) is 17.1 Å². The maximum Gasteiger partial charge on any atom is 0.250 e. The van der Waals surface area contributed by atoms with Gasteiger partial charge in [-0.05, 0) is 43.3 Å². The van der Waals surface area contributed by atoms with E-state index in [1.807, 2.05) is 47.9 Å². The maximum atomic E-state index is 12.0. The van der Waals surface area contributed by atoms with Crippen LogP contribution in [0, 0.1) is 0 Å². The Morgan fingerprint density at radius 3 is 2.75 bits per heavy atom. The highest BCUT2D eigenvalue weighted by Crippen LogP contribution is 2.25. The molecule has 2 heterocycles. The number of amides is 1. The van der Waals surface area contributed by atoms with Crippen molar-refractivity contribution in [1.82, 2.24) is 25.2 Å². The molecule has 8 nitrogen and oxygen atoms in total. The van der Waals surface area contributed by atoms with Crippen LogP contribution in [-0.4, -0.2) is 44.7 Å². The summed E-state index contributed by atoms with van der Waals surface area (Å²) in [4.78, 5) is 16.1. The first kappa shape index (κ1) is 19.6. The van der Waals surface area contributed by atoms with E-state index in [1.165, 1.54) is 18.0 Å². The number of hydrazone groups is 1. The predicted octanol–water partition coefficient (Wildman–Crippen LogP) is 2.61. The maximum absolute atomic E-state index is 12.0. The molecule has 9 heteroatoms. The number of carbonyl (C=O) groups excluding carboxylic acids is 1. The van der Waals surface area contributed by atoms with Gasteiger partial charge < -0.3 is 9.30 Å². The summed E-state index contributed by atoms with van der Waals surface area (Å²) in [6.45, 7) is 2.70. The lowest BCUT2D eigenvalue weighted by Crippen LogP contribution is -2.20.